The first-order valence-electron chi connectivity index (χ1n) is 10.5. The predicted octanol–water partition coefficient (Wildman–Crippen LogP) is 4.17. The zero-order valence-corrected chi connectivity index (χ0v) is 16.8. The van der Waals surface area contributed by atoms with Gasteiger partial charge in [-0.1, -0.05) is 42.0 Å². The first kappa shape index (κ1) is 18.5. The van der Waals surface area contributed by atoms with Gasteiger partial charge in [0.05, 0.1) is 0 Å². The van der Waals surface area contributed by atoms with Gasteiger partial charge in [-0.2, -0.15) is 0 Å². The first-order chi connectivity index (χ1) is 13.2. The second-order valence-corrected chi connectivity index (χ2v) is 8.50. The minimum Gasteiger partial charge on any atom is -0.371 e. The summed E-state index contributed by atoms with van der Waals surface area (Å²) in [5, 5.41) is 3.84. The van der Waals surface area contributed by atoms with E-state index in [1.807, 2.05) is 0 Å². The lowest BCUT2D eigenvalue weighted by Gasteiger charge is -2.34. The minimum atomic E-state index is 0.693. The number of anilines is 1. The molecule has 3 nitrogen and oxygen atoms in total. The molecule has 0 aromatic heterocycles. The van der Waals surface area contributed by atoms with Gasteiger partial charge < -0.3 is 15.1 Å². The van der Waals surface area contributed by atoms with E-state index in [-0.39, 0.29) is 0 Å². The fraction of sp³-hybridized carbons (Fsp3) is 0.500. The molecule has 0 unspecified atom stereocenters. The lowest BCUT2D eigenvalue weighted by atomic mass is 10.0. The fourth-order valence-electron chi connectivity index (χ4n) is 4.56. The Labute approximate surface area is 164 Å². The van der Waals surface area contributed by atoms with E-state index in [9.17, 15) is 0 Å². The molecule has 2 saturated heterocycles. The number of aryl methyl sites for hydroxylation is 1. The summed E-state index contributed by atoms with van der Waals surface area (Å²) >= 11 is 0. The molecule has 0 aliphatic carbocycles. The van der Waals surface area contributed by atoms with E-state index in [1.54, 1.807) is 0 Å². The quantitative estimate of drug-likeness (QED) is 0.860. The van der Waals surface area contributed by atoms with Crippen LogP contribution in [0, 0.1) is 12.8 Å². The van der Waals surface area contributed by atoms with Crippen molar-refractivity contribution in [1.82, 2.24) is 10.2 Å². The van der Waals surface area contributed by atoms with Crippen LogP contribution in [-0.2, 0) is 0 Å². The van der Waals surface area contributed by atoms with Gasteiger partial charge in [-0.15, -0.1) is 0 Å². The fourth-order valence-corrected chi connectivity index (χ4v) is 4.56. The molecule has 0 spiro atoms. The van der Waals surface area contributed by atoms with Gasteiger partial charge in [0.1, 0.15) is 0 Å². The van der Waals surface area contributed by atoms with E-state index in [0.717, 1.165) is 19.0 Å². The van der Waals surface area contributed by atoms with E-state index in [2.05, 4.69) is 77.6 Å². The summed E-state index contributed by atoms with van der Waals surface area (Å²) in [6.45, 7) is 8.20. The Morgan fingerprint density at radius 1 is 0.926 bits per heavy atom. The molecule has 3 heteroatoms. The summed E-state index contributed by atoms with van der Waals surface area (Å²) in [7, 11) is 2.24. The second kappa shape index (κ2) is 8.45. The zero-order chi connectivity index (χ0) is 18.6. The van der Waals surface area contributed by atoms with Crippen molar-refractivity contribution in [2.24, 2.45) is 5.92 Å². The third kappa shape index (κ3) is 4.72. The summed E-state index contributed by atoms with van der Waals surface area (Å²) in [6.07, 6.45) is 3.86. The van der Waals surface area contributed by atoms with Crippen LogP contribution in [0.1, 0.15) is 24.8 Å². The molecule has 1 N–H and O–H groups in total. The molecule has 2 heterocycles. The largest absolute Gasteiger partial charge is 0.371 e. The Morgan fingerprint density at radius 3 is 2.37 bits per heavy atom. The molecule has 2 aromatic carbocycles. The van der Waals surface area contributed by atoms with Crippen LogP contribution in [-0.4, -0.2) is 50.7 Å². The molecule has 2 aliphatic rings. The van der Waals surface area contributed by atoms with Crippen molar-refractivity contribution in [1.29, 1.82) is 0 Å². The molecule has 27 heavy (non-hydrogen) atoms. The van der Waals surface area contributed by atoms with E-state index in [1.165, 1.54) is 61.3 Å². The number of hydrogen-bond acceptors (Lipinski definition) is 3. The highest BCUT2D eigenvalue weighted by atomic mass is 15.2. The summed E-state index contributed by atoms with van der Waals surface area (Å²) in [6, 6.07) is 18.6. The number of rotatable bonds is 5. The van der Waals surface area contributed by atoms with Gasteiger partial charge in [-0.25, -0.2) is 0 Å². The molecule has 0 bridgehead atoms. The zero-order valence-electron chi connectivity index (χ0n) is 16.8. The maximum absolute atomic E-state index is 3.84. The number of piperidine rings is 1. The van der Waals surface area contributed by atoms with Crippen LogP contribution in [0.25, 0.3) is 11.1 Å². The number of benzene rings is 2. The SMILES string of the molecule is Cc1cccc(-c2ccc(N3CCC(NC[C@@H]4CCN(C)C4)CC3)cc2)c1. The van der Waals surface area contributed by atoms with Gasteiger partial charge in [0.15, 0.2) is 0 Å². The van der Waals surface area contributed by atoms with Crippen LogP contribution < -0.4 is 10.2 Å². The maximum Gasteiger partial charge on any atom is 0.0366 e. The summed E-state index contributed by atoms with van der Waals surface area (Å²) in [5.41, 5.74) is 5.29. The highest BCUT2D eigenvalue weighted by Crippen LogP contribution is 2.26. The number of nitrogens with zero attached hydrogens (tertiary/aromatic N) is 2. The number of likely N-dealkylation sites (tertiary alicyclic amines) is 1. The lowest BCUT2D eigenvalue weighted by molar-refractivity contribution is 0.357. The standard InChI is InChI=1S/C24H33N3/c1-19-4-3-5-22(16-19)21-6-8-24(9-7-21)27-14-11-23(12-15-27)25-17-20-10-13-26(2)18-20/h3-9,16,20,23,25H,10-15,17-18H2,1-2H3/t20-/m0/s1. The van der Waals surface area contributed by atoms with Gasteiger partial charge in [0, 0.05) is 31.4 Å². The van der Waals surface area contributed by atoms with Crippen LogP contribution >= 0.6 is 0 Å². The van der Waals surface area contributed by atoms with Crippen molar-refractivity contribution in [2.45, 2.75) is 32.2 Å². The van der Waals surface area contributed by atoms with Crippen LogP contribution in [0.3, 0.4) is 0 Å². The second-order valence-electron chi connectivity index (χ2n) is 8.50. The Hall–Kier alpha value is -1.84. The molecule has 2 aromatic rings. The van der Waals surface area contributed by atoms with E-state index in [0.29, 0.717) is 6.04 Å². The molecule has 4 rings (SSSR count). The van der Waals surface area contributed by atoms with Gasteiger partial charge in [0.25, 0.3) is 0 Å². The first-order valence-corrected chi connectivity index (χ1v) is 10.5. The van der Waals surface area contributed by atoms with E-state index in [4.69, 9.17) is 0 Å². The summed E-state index contributed by atoms with van der Waals surface area (Å²) < 4.78 is 0. The number of nitrogens with one attached hydrogen (secondary N) is 1. The van der Waals surface area contributed by atoms with Crippen LogP contribution in [0.15, 0.2) is 48.5 Å². The molecule has 0 radical (unpaired) electrons. The van der Waals surface area contributed by atoms with Crippen molar-refractivity contribution in [3.05, 3.63) is 54.1 Å². The van der Waals surface area contributed by atoms with Crippen molar-refractivity contribution < 1.29 is 0 Å². The van der Waals surface area contributed by atoms with Crippen molar-refractivity contribution >= 4 is 5.69 Å². The van der Waals surface area contributed by atoms with Crippen LogP contribution in [0.2, 0.25) is 0 Å². The highest BCUT2D eigenvalue weighted by molar-refractivity contribution is 5.67. The Morgan fingerprint density at radius 2 is 1.70 bits per heavy atom. The van der Waals surface area contributed by atoms with Gasteiger partial charge in [-0.3, -0.25) is 0 Å². The van der Waals surface area contributed by atoms with E-state index < -0.39 is 0 Å². The van der Waals surface area contributed by atoms with Gasteiger partial charge >= 0.3 is 0 Å². The molecular weight excluding hydrogens is 330 g/mol. The normalized spacial score (nSPS) is 21.7. The van der Waals surface area contributed by atoms with Crippen molar-refractivity contribution in [3.63, 3.8) is 0 Å². The smallest absolute Gasteiger partial charge is 0.0366 e. The molecule has 2 fully saturated rings. The highest BCUT2D eigenvalue weighted by Gasteiger charge is 2.23. The van der Waals surface area contributed by atoms with Gasteiger partial charge in [-0.05, 0) is 75.5 Å². The Kier molecular flexibility index (Phi) is 5.80. The molecular formula is C24H33N3. The molecule has 0 saturated carbocycles. The number of hydrogen-bond donors (Lipinski definition) is 1. The lowest BCUT2D eigenvalue weighted by Crippen LogP contribution is -2.44. The Bertz CT molecular complexity index is 732. The van der Waals surface area contributed by atoms with Crippen molar-refractivity contribution in [3.8, 4) is 11.1 Å². The van der Waals surface area contributed by atoms with Crippen LogP contribution in [0.5, 0.6) is 0 Å². The van der Waals surface area contributed by atoms with Gasteiger partial charge in [0.2, 0.25) is 0 Å². The third-order valence-corrected chi connectivity index (χ3v) is 6.26. The Balaban J connectivity index is 1.28. The third-order valence-electron chi connectivity index (χ3n) is 6.26. The molecule has 0 amide bonds. The van der Waals surface area contributed by atoms with E-state index >= 15 is 0 Å². The average molecular weight is 364 g/mol. The van der Waals surface area contributed by atoms with Crippen molar-refractivity contribution in [2.75, 3.05) is 44.7 Å². The monoisotopic (exact) mass is 363 g/mol. The van der Waals surface area contributed by atoms with Crippen LogP contribution in [0.4, 0.5) is 5.69 Å². The molecule has 144 valence electrons. The predicted molar refractivity (Wildman–Crippen MR) is 115 cm³/mol. The maximum atomic E-state index is 3.84. The summed E-state index contributed by atoms with van der Waals surface area (Å²) in [5.74, 6) is 0.849. The average Bonchev–Trinajstić information content (AvgIpc) is 3.12. The topological polar surface area (TPSA) is 18.5 Å². The summed E-state index contributed by atoms with van der Waals surface area (Å²) in [4.78, 5) is 5.00. The molecule has 2 aliphatic heterocycles. The minimum absolute atomic E-state index is 0.693. The molecule has 1 atom stereocenters.